The highest BCUT2D eigenvalue weighted by Gasteiger charge is 2.22. The SMILES string of the molecule is Cc1c2c(=O)n(-c3nc4ccccc4s3)nc-2cc([O-])n1Cc1ccccn1. The van der Waals surface area contributed by atoms with Crippen molar-refractivity contribution in [3.8, 4) is 22.3 Å². The van der Waals surface area contributed by atoms with Crippen LogP contribution in [-0.2, 0) is 6.54 Å². The molecule has 2 aromatic heterocycles. The van der Waals surface area contributed by atoms with Crippen molar-refractivity contribution in [2.45, 2.75) is 13.5 Å². The van der Waals surface area contributed by atoms with Crippen LogP contribution in [0.25, 0.3) is 26.6 Å². The molecule has 0 saturated heterocycles. The number of nitrogens with zero attached hydrogens (tertiary/aromatic N) is 5. The molecule has 0 unspecified atom stereocenters. The lowest BCUT2D eigenvalue weighted by Crippen LogP contribution is -2.18. The number of benzene rings is 1. The lowest BCUT2D eigenvalue weighted by atomic mass is 10.1. The average Bonchev–Trinajstić information content (AvgIpc) is 3.27. The zero-order valence-corrected chi connectivity index (χ0v) is 15.7. The summed E-state index contributed by atoms with van der Waals surface area (Å²) in [5, 5.41) is 17.5. The van der Waals surface area contributed by atoms with Crippen LogP contribution in [0.3, 0.4) is 0 Å². The largest absolute Gasteiger partial charge is 0.860 e. The Hall–Kier alpha value is -3.52. The monoisotopic (exact) mass is 388 g/mol. The molecule has 0 amide bonds. The smallest absolute Gasteiger partial charge is 0.284 e. The number of aromatic nitrogens is 5. The Morgan fingerprint density at radius 3 is 2.75 bits per heavy atom. The third kappa shape index (κ3) is 2.57. The van der Waals surface area contributed by atoms with Gasteiger partial charge in [-0.2, -0.15) is 9.78 Å². The van der Waals surface area contributed by atoms with Crippen LogP contribution in [0.4, 0.5) is 0 Å². The van der Waals surface area contributed by atoms with Gasteiger partial charge in [-0.25, -0.2) is 4.98 Å². The van der Waals surface area contributed by atoms with Crippen molar-refractivity contribution >= 4 is 21.6 Å². The maximum Gasteiger partial charge on any atom is 0.284 e. The molecule has 0 N–H and O–H groups in total. The Balaban J connectivity index is 1.68. The summed E-state index contributed by atoms with van der Waals surface area (Å²) in [5.41, 5.74) is 2.66. The Bertz CT molecular complexity index is 1300. The molecule has 3 aromatic rings. The minimum absolute atomic E-state index is 0.218. The van der Waals surface area contributed by atoms with E-state index in [1.54, 1.807) is 17.7 Å². The normalized spacial score (nSPS) is 11.5. The average molecular weight is 388 g/mol. The molecule has 1 aromatic carbocycles. The molecule has 0 radical (unpaired) electrons. The summed E-state index contributed by atoms with van der Waals surface area (Å²) in [6.45, 7) is 2.06. The van der Waals surface area contributed by atoms with Crippen LogP contribution in [0.1, 0.15) is 11.4 Å². The summed E-state index contributed by atoms with van der Waals surface area (Å²) in [4.78, 5) is 21.9. The first-order valence-corrected chi connectivity index (χ1v) is 9.49. The number of thiazole rings is 1. The maximum absolute atomic E-state index is 13.1. The van der Waals surface area contributed by atoms with Gasteiger partial charge in [0.15, 0.2) is 0 Å². The molecule has 0 spiro atoms. The van der Waals surface area contributed by atoms with Crippen LogP contribution in [0, 0.1) is 6.92 Å². The van der Waals surface area contributed by atoms with Crippen molar-refractivity contribution in [1.29, 1.82) is 0 Å². The van der Waals surface area contributed by atoms with E-state index < -0.39 is 0 Å². The van der Waals surface area contributed by atoms with Crippen molar-refractivity contribution in [3.63, 3.8) is 0 Å². The van der Waals surface area contributed by atoms with E-state index in [4.69, 9.17) is 0 Å². The second-order valence-electron chi connectivity index (χ2n) is 6.42. The molecule has 0 bridgehead atoms. The van der Waals surface area contributed by atoms with Gasteiger partial charge in [-0.05, 0) is 43.1 Å². The van der Waals surface area contributed by atoms with Crippen molar-refractivity contribution in [2.75, 3.05) is 0 Å². The minimum Gasteiger partial charge on any atom is -0.860 e. The second kappa shape index (κ2) is 6.28. The van der Waals surface area contributed by atoms with Crippen molar-refractivity contribution in [3.05, 3.63) is 76.5 Å². The van der Waals surface area contributed by atoms with E-state index in [9.17, 15) is 9.90 Å². The van der Waals surface area contributed by atoms with Crippen LogP contribution in [-0.4, -0.2) is 24.3 Å². The fourth-order valence-corrected chi connectivity index (χ4v) is 4.20. The van der Waals surface area contributed by atoms with Crippen molar-refractivity contribution < 1.29 is 5.11 Å². The minimum atomic E-state index is -0.277. The maximum atomic E-state index is 13.1. The number of rotatable bonds is 3. The van der Waals surface area contributed by atoms with E-state index in [-0.39, 0.29) is 11.4 Å². The molecule has 138 valence electrons. The highest BCUT2D eigenvalue weighted by Crippen LogP contribution is 2.29. The topological polar surface area (TPSA) is 88.7 Å². The van der Waals surface area contributed by atoms with Gasteiger partial charge in [0.1, 0.15) is 0 Å². The number of fused-ring (bicyclic) bond motifs is 2. The van der Waals surface area contributed by atoms with Crippen LogP contribution >= 0.6 is 11.3 Å². The lowest BCUT2D eigenvalue weighted by Gasteiger charge is -2.22. The first-order valence-electron chi connectivity index (χ1n) is 8.68. The fraction of sp³-hybridized carbons (Fsp3) is 0.100. The van der Waals surface area contributed by atoms with Crippen molar-refractivity contribution in [1.82, 2.24) is 24.3 Å². The van der Waals surface area contributed by atoms with Crippen molar-refractivity contribution in [2.24, 2.45) is 0 Å². The molecule has 8 heteroatoms. The van der Waals surface area contributed by atoms with E-state index >= 15 is 0 Å². The summed E-state index contributed by atoms with van der Waals surface area (Å²) >= 11 is 1.39. The summed E-state index contributed by atoms with van der Waals surface area (Å²) in [7, 11) is 0. The molecule has 5 rings (SSSR count). The van der Waals surface area contributed by atoms with Gasteiger partial charge in [0.05, 0.1) is 33.7 Å². The second-order valence-corrected chi connectivity index (χ2v) is 7.43. The van der Waals surface area contributed by atoms with Gasteiger partial charge in [-0.1, -0.05) is 29.5 Å². The van der Waals surface area contributed by atoms with Gasteiger partial charge >= 0.3 is 0 Å². The van der Waals surface area contributed by atoms with E-state index in [0.717, 1.165) is 15.9 Å². The standard InChI is InChI=1S/C20H15N5O2S/c1-12-18-15(10-17(26)24(12)11-13-6-4-5-9-21-13)23-25(19(18)27)20-22-14-7-2-3-8-16(14)28-20/h2-10,26H,11H2,1H3/p-1. The van der Waals surface area contributed by atoms with Crippen LogP contribution in [0.5, 0.6) is 5.88 Å². The molecule has 2 aliphatic rings. The summed E-state index contributed by atoms with van der Waals surface area (Å²) in [6.07, 6.45) is 1.68. The van der Waals surface area contributed by atoms with Crippen LogP contribution in [0.2, 0.25) is 0 Å². The molecule has 0 atom stereocenters. The molecule has 7 nitrogen and oxygen atoms in total. The van der Waals surface area contributed by atoms with Gasteiger partial charge in [-0.3, -0.25) is 9.78 Å². The third-order valence-corrected chi connectivity index (χ3v) is 5.68. The Labute approximate surface area is 163 Å². The van der Waals surface area contributed by atoms with E-state index in [2.05, 4.69) is 15.1 Å². The first-order chi connectivity index (χ1) is 13.6. The van der Waals surface area contributed by atoms with Gasteiger partial charge in [-0.15, -0.1) is 0 Å². The van der Waals surface area contributed by atoms with Gasteiger partial charge in [0.25, 0.3) is 5.56 Å². The Morgan fingerprint density at radius 2 is 1.96 bits per heavy atom. The fourth-order valence-electron chi connectivity index (χ4n) is 3.29. The number of hydrogen-bond acceptors (Lipinski definition) is 6. The predicted molar refractivity (Wildman–Crippen MR) is 105 cm³/mol. The number of hydrogen-bond donors (Lipinski definition) is 0. The quantitative estimate of drug-likeness (QED) is 0.474. The highest BCUT2D eigenvalue weighted by molar-refractivity contribution is 7.20. The third-order valence-electron chi connectivity index (χ3n) is 4.67. The number of pyridine rings is 2. The highest BCUT2D eigenvalue weighted by atomic mass is 32.1. The molecule has 0 fully saturated rings. The summed E-state index contributed by atoms with van der Waals surface area (Å²) < 4.78 is 3.81. The predicted octanol–water partition coefficient (Wildman–Crippen LogP) is 2.57. The van der Waals surface area contributed by atoms with Gasteiger partial charge < -0.3 is 9.67 Å². The summed E-state index contributed by atoms with van der Waals surface area (Å²) in [5.74, 6) is -0.218. The van der Waals surface area contributed by atoms with E-state index in [0.29, 0.717) is 28.6 Å². The molecule has 28 heavy (non-hydrogen) atoms. The Morgan fingerprint density at radius 1 is 1.14 bits per heavy atom. The van der Waals surface area contributed by atoms with E-state index in [1.807, 2.05) is 42.5 Å². The molecule has 0 aliphatic carbocycles. The van der Waals surface area contributed by atoms with Crippen LogP contribution < -0.4 is 10.7 Å². The number of para-hydroxylation sites is 1. The van der Waals surface area contributed by atoms with E-state index in [1.165, 1.54) is 22.1 Å². The molecular formula is C20H14N5O2S-. The zero-order chi connectivity index (χ0) is 19.3. The molecular weight excluding hydrogens is 374 g/mol. The van der Waals surface area contributed by atoms with Gasteiger partial charge in [0.2, 0.25) is 5.13 Å². The zero-order valence-electron chi connectivity index (χ0n) is 14.9. The lowest BCUT2D eigenvalue weighted by molar-refractivity contribution is -0.279. The van der Waals surface area contributed by atoms with Gasteiger partial charge in [0, 0.05) is 11.9 Å². The molecule has 4 heterocycles. The first kappa shape index (κ1) is 16.6. The molecule has 0 saturated carbocycles. The summed E-state index contributed by atoms with van der Waals surface area (Å²) in [6, 6.07) is 14.6. The molecule has 2 aliphatic heterocycles. The van der Waals surface area contributed by atoms with Crippen LogP contribution in [0.15, 0.2) is 59.5 Å². The Kier molecular flexibility index (Phi) is 3.73.